The quantitative estimate of drug-likeness (QED) is 0.663. The van der Waals surface area contributed by atoms with Crippen LogP contribution in [0.5, 0.6) is 0 Å². The zero-order valence-electron chi connectivity index (χ0n) is 15.2. The van der Waals surface area contributed by atoms with E-state index in [1.165, 1.54) is 11.4 Å². The molecule has 0 spiro atoms. The van der Waals surface area contributed by atoms with Crippen LogP contribution in [0.1, 0.15) is 15.9 Å². The third-order valence-electron chi connectivity index (χ3n) is 4.84. The number of benzene rings is 3. The fourth-order valence-corrected chi connectivity index (χ4v) is 4.83. The maximum Gasteiger partial charge on any atom is 0.264 e. The van der Waals surface area contributed by atoms with E-state index >= 15 is 0 Å². The van der Waals surface area contributed by atoms with E-state index in [0.29, 0.717) is 33.1 Å². The van der Waals surface area contributed by atoms with E-state index in [0.717, 1.165) is 5.56 Å². The first-order valence-corrected chi connectivity index (χ1v) is 10.4. The molecule has 1 aliphatic rings. The zero-order valence-corrected chi connectivity index (χ0v) is 16.8. The molecule has 0 atom stereocenters. The van der Waals surface area contributed by atoms with Gasteiger partial charge < -0.3 is 5.32 Å². The summed E-state index contributed by atoms with van der Waals surface area (Å²) >= 11 is 6.12. The number of sulfonamides is 1. The number of hydrogen-bond donors (Lipinski definition) is 1. The Labute approximate surface area is 168 Å². The van der Waals surface area contributed by atoms with Gasteiger partial charge in [-0.3, -0.25) is 9.10 Å². The van der Waals surface area contributed by atoms with Crippen molar-refractivity contribution < 1.29 is 13.2 Å². The summed E-state index contributed by atoms with van der Waals surface area (Å²) in [4.78, 5) is 13.0. The van der Waals surface area contributed by atoms with Crippen LogP contribution < -0.4 is 9.62 Å². The van der Waals surface area contributed by atoms with Crippen LogP contribution in [-0.4, -0.2) is 21.4 Å². The summed E-state index contributed by atoms with van der Waals surface area (Å²) in [5, 5.41) is 3.40. The van der Waals surface area contributed by atoms with Gasteiger partial charge in [-0.2, -0.15) is 0 Å². The Bertz CT molecular complexity index is 1220. The average Bonchev–Trinajstić information content (AvgIpc) is 2.69. The second-order valence-electron chi connectivity index (χ2n) is 6.62. The fraction of sp³-hybridized carbons (Fsp3) is 0.0952. The maximum atomic E-state index is 12.7. The predicted molar refractivity (Wildman–Crippen MR) is 112 cm³/mol. The first-order chi connectivity index (χ1) is 13.3. The highest BCUT2D eigenvalue weighted by molar-refractivity contribution is 7.93. The van der Waals surface area contributed by atoms with Gasteiger partial charge in [0, 0.05) is 34.4 Å². The van der Waals surface area contributed by atoms with Crippen molar-refractivity contribution >= 4 is 38.9 Å². The van der Waals surface area contributed by atoms with Gasteiger partial charge in [0.2, 0.25) is 0 Å². The molecule has 0 radical (unpaired) electrons. The average molecular weight is 413 g/mol. The van der Waals surface area contributed by atoms with E-state index in [2.05, 4.69) is 5.32 Å². The number of hydrogen-bond acceptors (Lipinski definition) is 3. The number of amides is 1. The standard InChI is InChI=1S/C21H17ClN2O3S/c1-13-7-9-15(12-18(13)22)23-21(25)14-8-10-19-17(11-14)16-5-3-4-6-20(16)28(26,27)24(19)2/h3-12H,1-2H3,(H,23,25). The van der Waals surface area contributed by atoms with Crippen molar-refractivity contribution in [3.05, 3.63) is 76.8 Å². The lowest BCUT2D eigenvalue weighted by Crippen LogP contribution is -2.30. The van der Waals surface area contributed by atoms with Crippen molar-refractivity contribution in [3.63, 3.8) is 0 Å². The Morgan fingerprint density at radius 1 is 1.00 bits per heavy atom. The molecule has 0 aliphatic carbocycles. The van der Waals surface area contributed by atoms with Gasteiger partial charge in [-0.05, 0) is 48.9 Å². The molecule has 0 aromatic heterocycles. The monoisotopic (exact) mass is 412 g/mol. The van der Waals surface area contributed by atoms with Gasteiger partial charge in [-0.1, -0.05) is 35.9 Å². The van der Waals surface area contributed by atoms with Crippen LogP contribution in [0.25, 0.3) is 11.1 Å². The van der Waals surface area contributed by atoms with Gasteiger partial charge in [-0.15, -0.1) is 0 Å². The highest BCUT2D eigenvalue weighted by Crippen LogP contribution is 2.42. The van der Waals surface area contributed by atoms with E-state index in [4.69, 9.17) is 11.6 Å². The molecule has 7 heteroatoms. The Hall–Kier alpha value is -2.83. The highest BCUT2D eigenvalue weighted by Gasteiger charge is 2.32. The lowest BCUT2D eigenvalue weighted by Gasteiger charge is -2.29. The van der Waals surface area contributed by atoms with Gasteiger partial charge in [0.05, 0.1) is 10.6 Å². The summed E-state index contributed by atoms with van der Waals surface area (Å²) in [6.07, 6.45) is 0. The smallest absolute Gasteiger partial charge is 0.264 e. The van der Waals surface area contributed by atoms with Crippen molar-refractivity contribution in [2.75, 3.05) is 16.7 Å². The van der Waals surface area contributed by atoms with Crippen LogP contribution in [0.2, 0.25) is 5.02 Å². The summed E-state index contributed by atoms with van der Waals surface area (Å²) in [6.45, 7) is 1.89. The summed E-state index contributed by atoms with van der Waals surface area (Å²) in [5.41, 5.74) is 3.77. The number of anilines is 2. The Morgan fingerprint density at radius 2 is 1.75 bits per heavy atom. The van der Waals surface area contributed by atoms with Gasteiger partial charge in [0.25, 0.3) is 15.9 Å². The van der Waals surface area contributed by atoms with Crippen LogP contribution in [0.4, 0.5) is 11.4 Å². The zero-order chi connectivity index (χ0) is 20.1. The predicted octanol–water partition coefficient (Wildman–Crippen LogP) is 4.71. The molecule has 0 saturated carbocycles. The minimum atomic E-state index is -3.61. The third-order valence-corrected chi connectivity index (χ3v) is 7.08. The van der Waals surface area contributed by atoms with Crippen LogP contribution in [-0.2, 0) is 10.0 Å². The van der Waals surface area contributed by atoms with Crippen LogP contribution in [0, 0.1) is 6.92 Å². The number of nitrogens with zero attached hydrogens (tertiary/aromatic N) is 1. The maximum absolute atomic E-state index is 12.7. The Kier molecular flexibility index (Phi) is 4.40. The molecule has 3 aromatic carbocycles. The van der Waals surface area contributed by atoms with E-state index < -0.39 is 10.0 Å². The van der Waals surface area contributed by atoms with Crippen LogP contribution >= 0.6 is 11.6 Å². The normalized spacial score (nSPS) is 14.2. The number of fused-ring (bicyclic) bond motifs is 3. The third kappa shape index (κ3) is 2.95. The van der Waals surface area contributed by atoms with E-state index in [1.54, 1.807) is 54.6 Å². The number of halogens is 1. The first-order valence-electron chi connectivity index (χ1n) is 8.59. The molecule has 0 fully saturated rings. The number of nitrogens with one attached hydrogen (secondary N) is 1. The van der Waals surface area contributed by atoms with Gasteiger partial charge in [0.1, 0.15) is 0 Å². The van der Waals surface area contributed by atoms with Gasteiger partial charge in [-0.25, -0.2) is 8.42 Å². The second-order valence-corrected chi connectivity index (χ2v) is 8.96. The number of carbonyl (C=O) groups excluding carboxylic acids is 1. The highest BCUT2D eigenvalue weighted by atomic mass is 35.5. The molecule has 1 aliphatic heterocycles. The first kappa shape index (κ1) is 18.5. The molecule has 28 heavy (non-hydrogen) atoms. The molecule has 1 amide bonds. The number of carbonyl (C=O) groups is 1. The molecule has 0 bridgehead atoms. The van der Waals surface area contributed by atoms with E-state index in [1.807, 2.05) is 13.0 Å². The SMILES string of the molecule is Cc1ccc(NC(=O)c2ccc3c(c2)-c2ccccc2S(=O)(=O)N3C)cc1Cl. The molecular formula is C21H17ClN2O3S. The molecular weight excluding hydrogens is 396 g/mol. The van der Waals surface area contributed by atoms with Crippen molar-refractivity contribution in [2.24, 2.45) is 0 Å². The van der Waals surface area contributed by atoms with Gasteiger partial charge >= 0.3 is 0 Å². The Morgan fingerprint density at radius 3 is 2.50 bits per heavy atom. The number of rotatable bonds is 2. The largest absolute Gasteiger partial charge is 0.322 e. The van der Waals surface area contributed by atoms with Crippen molar-refractivity contribution in [2.45, 2.75) is 11.8 Å². The van der Waals surface area contributed by atoms with Crippen molar-refractivity contribution in [1.82, 2.24) is 0 Å². The molecule has 5 nitrogen and oxygen atoms in total. The minimum Gasteiger partial charge on any atom is -0.322 e. The summed E-state index contributed by atoms with van der Waals surface area (Å²) in [5.74, 6) is -0.295. The summed E-state index contributed by atoms with van der Waals surface area (Å²) in [6, 6.07) is 17.1. The fourth-order valence-electron chi connectivity index (χ4n) is 3.23. The van der Waals surface area contributed by atoms with E-state index in [9.17, 15) is 13.2 Å². The minimum absolute atomic E-state index is 0.230. The molecule has 0 unspecified atom stereocenters. The van der Waals surface area contributed by atoms with Crippen molar-refractivity contribution in [1.29, 1.82) is 0 Å². The lowest BCUT2D eigenvalue weighted by atomic mass is 10.00. The van der Waals surface area contributed by atoms with Crippen LogP contribution in [0.15, 0.2) is 65.6 Å². The second kappa shape index (κ2) is 6.65. The number of aryl methyl sites for hydroxylation is 1. The molecule has 0 saturated heterocycles. The van der Waals surface area contributed by atoms with E-state index in [-0.39, 0.29) is 10.8 Å². The Balaban J connectivity index is 1.75. The topological polar surface area (TPSA) is 66.5 Å². The van der Waals surface area contributed by atoms with Crippen molar-refractivity contribution in [3.8, 4) is 11.1 Å². The van der Waals surface area contributed by atoms with Crippen LogP contribution in [0.3, 0.4) is 0 Å². The molecule has 1 N–H and O–H groups in total. The molecule has 1 heterocycles. The summed E-state index contributed by atoms with van der Waals surface area (Å²) < 4.78 is 26.7. The molecule has 142 valence electrons. The van der Waals surface area contributed by atoms with Gasteiger partial charge in [0.15, 0.2) is 0 Å². The summed E-state index contributed by atoms with van der Waals surface area (Å²) in [7, 11) is -2.09. The lowest BCUT2D eigenvalue weighted by molar-refractivity contribution is 0.102. The molecule has 3 aromatic rings. The molecule has 4 rings (SSSR count).